The lowest BCUT2D eigenvalue weighted by Gasteiger charge is -2.11. The van der Waals surface area contributed by atoms with Crippen molar-refractivity contribution in [3.05, 3.63) is 84.4 Å². The van der Waals surface area contributed by atoms with Crippen LogP contribution in [0.3, 0.4) is 0 Å². The quantitative estimate of drug-likeness (QED) is 0.457. The Kier molecular flexibility index (Phi) is 6.84. The Bertz CT molecular complexity index is 955. The Labute approximate surface area is 169 Å². The van der Waals surface area contributed by atoms with Crippen molar-refractivity contribution in [2.24, 2.45) is 0 Å². The molecule has 0 heterocycles. The summed E-state index contributed by atoms with van der Waals surface area (Å²) in [6.45, 7) is 2.10. The lowest BCUT2D eigenvalue weighted by Crippen LogP contribution is -2.18. The minimum absolute atomic E-state index is 0.245. The van der Waals surface area contributed by atoms with Crippen LogP contribution in [-0.2, 0) is 4.79 Å². The van der Waals surface area contributed by atoms with Gasteiger partial charge in [-0.1, -0.05) is 30.3 Å². The highest BCUT2D eigenvalue weighted by atomic mass is 16.6. The molecule has 0 saturated carbocycles. The molecule has 0 aliphatic rings. The maximum atomic E-state index is 12.2. The van der Waals surface area contributed by atoms with E-state index in [4.69, 9.17) is 14.2 Å². The molecule has 0 atom stereocenters. The fraction of sp³-hybridized carbons (Fsp3) is 0.130. The normalized spacial score (nSPS) is 10.1. The molecule has 0 unspecified atom stereocenters. The molecule has 148 valence electrons. The Hall–Kier alpha value is -3.80. The summed E-state index contributed by atoms with van der Waals surface area (Å²) in [5.74, 6) is 0.562. The minimum Gasteiger partial charge on any atom is -0.490 e. The summed E-state index contributed by atoms with van der Waals surface area (Å²) in [6, 6.07) is 22.6. The maximum Gasteiger partial charge on any atom is 0.349 e. The Balaban J connectivity index is 1.53. The second kappa shape index (κ2) is 9.94. The van der Waals surface area contributed by atoms with Gasteiger partial charge in [-0.25, -0.2) is 4.79 Å². The van der Waals surface area contributed by atoms with Crippen LogP contribution in [0.4, 0.5) is 5.69 Å². The molecular weight excluding hydrogens is 370 g/mol. The lowest BCUT2D eigenvalue weighted by atomic mass is 10.2. The predicted octanol–water partition coefficient (Wildman–Crippen LogP) is 4.32. The number of hydrogen-bond donors (Lipinski definition) is 1. The number of carbonyl (C=O) groups excluding carboxylic acids is 2. The fourth-order valence-corrected chi connectivity index (χ4v) is 2.54. The van der Waals surface area contributed by atoms with Gasteiger partial charge in [-0.2, -0.15) is 0 Å². The molecule has 0 bridgehead atoms. The topological polar surface area (TPSA) is 73.9 Å². The first-order chi connectivity index (χ1) is 14.2. The maximum absolute atomic E-state index is 12.2. The van der Waals surface area contributed by atoms with Gasteiger partial charge < -0.3 is 19.5 Å². The van der Waals surface area contributed by atoms with Crippen LogP contribution in [0, 0.1) is 0 Å². The minimum atomic E-state index is -0.558. The lowest BCUT2D eigenvalue weighted by molar-refractivity contribution is -0.136. The molecule has 1 amide bonds. The average molecular weight is 391 g/mol. The van der Waals surface area contributed by atoms with Crippen LogP contribution in [0.1, 0.15) is 17.3 Å². The Morgan fingerprint density at radius 2 is 1.41 bits per heavy atom. The van der Waals surface area contributed by atoms with Gasteiger partial charge in [-0.05, 0) is 55.5 Å². The number of rotatable bonds is 8. The van der Waals surface area contributed by atoms with Crippen LogP contribution < -0.4 is 19.5 Å². The summed E-state index contributed by atoms with van der Waals surface area (Å²) in [5.41, 5.74) is 1.16. The van der Waals surface area contributed by atoms with Crippen LogP contribution in [0.5, 0.6) is 17.2 Å². The van der Waals surface area contributed by atoms with E-state index in [1.807, 2.05) is 31.2 Å². The molecule has 3 rings (SSSR count). The molecule has 6 nitrogen and oxygen atoms in total. The van der Waals surface area contributed by atoms with E-state index in [0.29, 0.717) is 35.1 Å². The molecule has 0 aliphatic carbocycles. The van der Waals surface area contributed by atoms with Crippen LogP contribution in [0.15, 0.2) is 78.9 Å². The first-order valence-electron chi connectivity index (χ1n) is 9.17. The van der Waals surface area contributed by atoms with E-state index in [1.54, 1.807) is 54.6 Å². The summed E-state index contributed by atoms with van der Waals surface area (Å²) in [5, 5.41) is 2.79. The van der Waals surface area contributed by atoms with Crippen molar-refractivity contribution in [1.29, 1.82) is 0 Å². The van der Waals surface area contributed by atoms with E-state index in [1.165, 1.54) is 0 Å². The highest BCUT2D eigenvalue weighted by Gasteiger charge is 2.11. The van der Waals surface area contributed by atoms with E-state index in [-0.39, 0.29) is 12.5 Å². The molecule has 6 heteroatoms. The van der Waals surface area contributed by atoms with Gasteiger partial charge in [0.25, 0.3) is 5.91 Å². The highest BCUT2D eigenvalue weighted by Crippen LogP contribution is 2.26. The van der Waals surface area contributed by atoms with Gasteiger partial charge >= 0.3 is 5.97 Å². The Morgan fingerprint density at radius 3 is 2.07 bits per heavy atom. The third kappa shape index (κ3) is 5.84. The molecule has 3 aromatic rings. The van der Waals surface area contributed by atoms with Crippen LogP contribution in [0.25, 0.3) is 0 Å². The van der Waals surface area contributed by atoms with Gasteiger partial charge in [0.15, 0.2) is 18.1 Å². The summed E-state index contributed by atoms with van der Waals surface area (Å²) >= 11 is 0. The van der Waals surface area contributed by atoms with Crippen molar-refractivity contribution < 1.29 is 23.8 Å². The van der Waals surface area contributed by atoms with Crippen molar-refractivity contribution >= 4 is 17.6 Å². The Morgan fingerprint density at radius 1 is 0.793 bits per heavy atom. The summed E-state index contributed by atoms with van der Waals surface area (Å²) in [6.07, 6.45) is 0. The van der Waals surface area contributed by atoms with Gasteiger partial charge in [0.1, 0.15) is 5.75 Å². The van der Waals surface area contributed by atoms with E-state index >= 15 is 0 Å². The van der Waals surface area contributed by atoms with Crippen LogP contribution in [-0.4, -0.2) is 25.1 Å². The molecule has 0 saturated heterocycles. The molecule has 3 aromatic carbocycles. The third-order valence-corrected chi connectivity index (χ3v) is 3.87. The molecule has 1 N–H and O–H groups in total. The van der Waals surface area contributed by atoms with Gasteiger partial charge in [0.2, 0.25) is 0 Å². The monoisotopic (exact) mass is 391 g/mol. The number of esters is 1. The van der Waals surface area contributed by atoms with Crippen molar-refractivity contribution in [2.45, 2.75) is 6.92 Å². The van der Waals surface area contributed by atoms with Gasteiger partial charge in [0, 0.05) is 11.3 Å². The molecule has 0 aliphatic heterocycles. The molecule has 0 radical (unpaired) electrons. The fourth-order valence-electron chi connectivity index (χ4n) is 2.54. The summed E-state index contributed by atoms with van der Waals surface area (Å²) in [7, 11) is 0. The van der Waals surface area contributed by atoms with E-state index < -0.39 is 5.97 Å². The van der Waals surface area contributed by atoms with Gasteiger partial charge in [-0.15, -0.1) is 0 Å². The number of ether oxygens (including phenoxy) is 3. The molecule has 0 aromatic heterocycles. The molecule has 29 heavy (non-hydrogen) atoms. The average Bonchev–Trinajstić information content (AvgIpc) is 2.74. The number of amides is 1. The number of anilines is 1. The number of hydrogen-bond acceptors (Lipinski definition) is 5. The highest BCUT2D eigenvalue weighted by molar-refractivity contribution is 6.04. The first-order valence-corrected chi connectivity index (χ1v) is 9.17. The van der Waals surface area contributed by atoms with Gasteiger partial charge in [0.05, 0.1) is 6.61 Å². The van der Waals surface area contributed by atoms with Gasteiger partial charge in [-0.3, -0.25) is 4.79 Å². The van der Waals surface area contributed by atoms with Crippen molar-refractivity contribution in [3.8, 4) is 17.2 Å². The largest absolute Gasteiger partial charge is 0.490 e. The second-order valence-electron chi connectivity index (χ2n) is 5.99. The van der Waals surface area contributed by atoms with Crippen LogP contribution >= 0.6 is 0 Å². The van der Waals surface area contributed by atoms with Crippen LogP contribution in [0.2, 0.25) is 0 Å². The third-order valence-electron chi connectivity index (χ3n) is 3.87. The number of nitrogens with one attached hydrogen (secondary N) is 1. The SMILES string of the molecule is CCOc1ccccc1OCC(=O)Oc1ccc(C(=O)Nc2ccccc2)cc1. The zero-order valence-corrected chi connectivity index (χ0v) is 16.0. The number of carbonyl (C=O) groups is 2. The molecule has 0 fully saturated rings. The zero-order chi connectivity index (χ0) is 20.5. The summed E-state index contributed by atoms with van der Waals surface area (Å²) in [4.78, 5) is 24.3. The van der Waals surface area contributed by atoms with E-state index in [9.17, 15) is 9.59 Å². The van der Waals surface area contributed by atoms with Crippen molar-refractivity contribution in [1.82, 2.24) is 0 Å². The molecular formula is C23H21NO5. The van der Waals surface area contributed by atoms with Crippen molar-refractivity contribution in [2.75, 3.05) is 18.5 Å². The van der Waals surface area contributed by atoms with E-state index in [2.05, 4.69) is 5.32 Å². The smallest absolute Gasteiger partial charge is 0.349 e. The number of benzene rings is 3. The summed E-state index contributed by atoms with van der Waals surface area (Å²) < 4.78 is 16.2. The van der Waals surface area contributed by atoms with E-state index in [0.717, 1.165) is 0 Å². The standard InChI is InChI=1S/C23H21NO5/c1-2-27-20-10-6-7-11-21(20)28-16-22(25)29-19-14-12-17(13-15-19)23(26)24-18-8-4-3-5-9-18/h3-15H,2,16H2,1H3,(H,24,26). The predicted molar refractivity (Wildman–Crippen MR) is 110 cm³/mol. The zero-order valence-electron chi connectivity index (χ0n) is 16.0. The first kappa shape index (κ1) is 19.9. The molecule has 0 spiro atoms. The second-order valence-corrected chi connectivity index (χ2v) is 5.99. The number of para-hydroxylation sites is 3. The van der Waals surface area contributed by atoms with Crippen molar-refractivity contribution in [3.63, 3.8) is 0 Å².